The molecule has 0 fully saturated rings. The molecule has 152 valence electrons. The smallest absolute Gasteiger partial charge is 0.325 e. The van der Waals surface area contributed by atoms with Crippen molar-refractivity contribution < 1.29 is 27.5 Å². The molecule has 0 aliphatic heterocycles. The Morgan fingerprint density at radius 1 is 1.23 bits per heavy atom. The number of carbonyl (C=O) groups excluding carboxylic acids is 2. The summed E-state index contributed by atoms with van der Waals surface area (Å²) in [4.78, 5) is 40.9. The topological polar surface area (TPSA) is 90.9 Å². The molecule has 2 aromatic heterocycles. The number of amides is 1. The van der Waals surface area contributed by atoms with Gasteiger partial charge in [0.25, 0.3) is 5.91 Å². The molecule has 0 unspecified atom stereocenters. The van der Waals surface area contributed by atoms with E-state index in [0.717, 1.165) is 35.3 Å². The van der Waals surface area contributed by atoms with Crippen LogP contribution >= 0.6 is 11.3 Å². The second kappa shape index (κ2) is 7.64. The maximum Gasteiger partial charge on any atom is 0.325 e. The van der Waals surface area contributed by atoms with Gasteiger partial charge in [-0.05, 0) is 18.2 Å². The summed E-state index contributed by atoms with van der Waals surface area (Å²) in [6.45, 7) is -0.461. The molecule has 2 heterocycles. The summed E-state index contributed by atoms with van der Waals surface area (Å²) in [6, 6.07) is 8.11. The number of hydrogen-bond acceptors (Lipinski definition) is 6. The van der Waals surface area contributed by atoms with Crippen molar-refractivity contribution in [3.63, 3.8) is 0 Å². The Kier molecular flexibility index (Phi) is 5.00. The van der Waals surface area contributed by atoms with Crippen LogP contribution in [-0.4, -0.2) is 23.6 Å². The molecular weight excluding hydrogens is 418 g/mol. The minimum atomic E-state index is -0.944. The number of esters is 1. The number of nitrogens with zero attached hydrogens (tertiary/aromatic N) is 2. The highest BCUT2D eigenvalue weighted by Gasteiger charge is 2.18. The van der Waals surface area contributed by atoms with Crippen LogP contribution in [0.4, 0.5) is 8.78 Å². The lowest BCUT2D eigenvalue weighted by atomic mass is 10.2. The fourth-order valence-electron chi connectivity index (χ4n) is 2.93. The second-order valence-corrected chi connectivity index (χ2v) is 7.18. The number of hydrogen-bond donors (Lipinski definition) is 0. The number of thiazole rings is 1. The molecule has 0 atom stereocenters. The third-order valence-corrected chi connectivity index (χ3v) is 5.34. The van der Waals surface area contributed by atoms with Gasteiger partial charge < -0.3 is 13.7 Å². The summed E-state index contributed by atoms with van der Waals surface area (Å²) in [7, 11) is 1.15. The highest BCUT2D eigenvalue weighted by molar-refractivity contribution is 7.16. The van der Waals surface area contributed by atoms with Crippen molar-refractivity contribution in [3.8, 4) is 0 Å². The first-order valence-corrected chi connectivity index (χ1v) is 9.35. The number of para-hydroxylation sites is 1. The molecule has 2 aromatic carbocycles. The van der Waals surface area contributed by atoms with E-state index in [2.05, 4.69) is 9.73 Å². The van der Waals surface area contributed by atoms with Gasteiger partial charge in [-0.2, -0.15) is 4.99 Å². The van der Waals surface area contributed by atoms with E-state index >= 15 is 0 Å². The summed E-state index contributed by atoms with van der Waals surface area (Å²) >= 11 is 0.792. The average molecular weight is 430 g/mol. The highest BCUT2D eigenvalue weighted by Crippen LogP contribution is 2.22. The SMILES string of the molecule is COC(=O)Cn1c(=NC(=O)c2coc3ccccc3c2=O)sc2cc(F)cc(F)c21. The molecule has 0 aliphatic carbocycles. The van der Waals surface area contributed by atoms with E-state index in [-0.39, 0.29) is 26.0 Å². The fraction of sp³-hybridized carbons (Fsp3) is 0.100. The Morgan fingerprint density at radius 3 is 2.77 bits per heavy atom. The molecule has 7 nitrogen and oxygen atoms in total. The Balaban J connectivity index is 1.92. The zero-order chi connectivity index (χ0) is 21.4. The van der Waals surface area contributed by atoms with Gasteiger partial charge in [0.2, 0.25) is 5.43 Å². The maximum atomic E-state index is 14.4. The molecule has 0 aliphatic rings. The summed E-state index contributed by atoms with van der Waals surface area (Å²) in [5.74, 6) is -3.41. The van der Waals surface area contributed by atoms with Crippen LogP contribution in [0.25, 0.3) is 21.2 Å². The lowest BCUT2D eigenvalue weighted by Gasteiger charge is -2.04. The molecule has 30 heavy (non-hydrogen) atoms. The van der Waals surface area contributed by atoms with Crippen molar-refractivity contribution >= 4 is 44.4 Å². The minimum absolute atomic E-state index is 0.0996. The predicted molar refractivity (Wildman–Crippen MR) is 104 cm³/mol. The molecule has 10 heteroatoms. The fourth-order valence-corrected chi connectivity index (χ4v) is 3.99. The molecular formula is C20H12F2N2O5S. The summed E-state index contributed by atoms with van der Waals surface area (Å²) in [5.41, 5.74) is -0.714. The molecule has 0 N–H and O–H groups in total. The largest absolute Gasteiger partial charge is 0.468 e. The number of halogens is 2. The van der Waals surface area contributed by atoms with Crippen LogP contribution in [0.5, 0.6) is 0 Å². The van der Waals surface area contributed by atoms with Gasteiger partial charge in [-0.1, -0.05) is 23.5 Å². The van der Waals surface area contributed by atoms with Crippen molar-refractivity contribution in [2.75, 3.05) is 7.11 Å². The first-order valence-electron chi connectivity index (χ1n) is 8.54. The second-order valence-electron chi connectivity index (χ2n) is 6.17. The van der Waals surface area contributed by atoms with E-state index in [1.54, 1.807) is 18.2 Å². The van der Waals surface area contributed by atoms with Crippen molar-refractivity contribution in [1.29, 1.82) is 0 Å². The molecule has 0 spiro atoms. The van der Waals surface area contributed by atoms with Gasteiger partial charge in [0.1, 0.15) is 29.8 Å². The molecule has 0 saturated carbocycles. The van der Waals surface area contributed by atoms with Gasteiger partial charge in [0, 0.05) is 6.07 Å². The first-order chi connectivity index (χ1) is 14.4. The van der Waals surface area contributed by atoms with Crippen molar-refractivity contribution in [2.45, 2.75) is 6.54 Å². The van der Waals surface area contributed by atoms with Crippen LogP contribution in [0.2, 0.25) is 0 Å². The Hall–Kier alpha value is -3.66. The van der Waals surface area contributed by atoms with E-state index in [0.29, 0.717) is 11.6 Å². The number of methoxy groups -OCH3 is 1. The number of benzene rings is 2. The molecule has 1 amide bonds. The summed E-state index contributed by atoms with van der Waals surface area (Å²) < 4.78 is 39.1. The third kappa shape index (κ3) is 3.41. The predicted octanol–water partition coefficient (Wildman–Crippen LogP) is 3.00. The van der Waals surface area contributed by atoms with E-state index < -0.39 is 35.5 Å². The normalized spacial score (nSPS) is 11.9. The Morgan fingerprint density at radius 2 is 2.00 bits per heavy atom. The first kappa shape index (κ1) is 19.6. The van der Waals surface area contributed by atoms with Crippen molar-refractivity contribution in [2.24, 2.45) is 4.99 Å². The maximum absolute atomic E-state index is 14.4. The quantitative estimate of drug-likeness (QED) is 0.466. The van der Waals surface area contributed by atoms with Crippen molar-refractivity contribution in [1.82, 2.24) is 4.57 Å². The molecule has 4 rings (SSSR count). The summed E-state index contributed by atoms with van der Waals surface area (Å²) in [6.07, 6.45) is 0.995. The lowest BCUT2D eigenvalue weighted by Crippen LogP contribution is -2.24. The minimum Gasteiger partial charge on any atom is -0.468 e. The van der Waals surface area contributed by atoms with Gasteiger partial charge in [-0.3, -0.25) is 14.4 Å². The molecule has 4 aromatic rings. The van der Waals surface area contributed by atoms with Crippen LogP contribution < -0.4 is 10.2 Å². The van der Waals surface area contributed by atoms with Crippen LogP contribution in [0.3, 0.4) is 0 Å². The van der Waals surface area contributed by atoms with Gasteiger partial charge >= 0.3 is 5.97 Å². The molecule has 0 bridgehead atoms. The number of rotatable bonds is 3. The summed E-state index contributed by atoms with van der Waals surface area (Å²) in [5, 5.41) is 0.199. The van der Waals surface area contributed by atoms with Crippen LogP contribution in [0.1, 0.15) is 10.4 Å². The average Bonchev–Trinajstić information content (AvgIpc) is 3.04. The number of ether oxygens (including phenoxy) is 1. The van der Waals surface area contributed by atoms with Gasteiger partial charge in [-0.25, -0.2) is 8.78 Å². The van der Waals surface area contributed by atoms with Gasteiger partial charge in [0.05, 0.1) is 22.7 Å². The van der Waals surface area contributed by atoms with Gasteiger partial charge in [0.15, 0.2) is 10.6 Å². The monoisotopic (exact) mass is 430 g/mol. The van der Waals surface area contributed by atoms with E-state index in [4.69, 9.17) is 4.42 Å². The molecule has 0 radical (unpaired) electrons. The van der Waals surface area contributed by atoms with Gasteiger partial charge in [-0.15, -0.1) is 0 Å². The standard InChI is InChI=1S/C20H12F2N2O5S/c1-28-16(25)8-24-17-13(22)6-10(21)7-15(17)30-20(24)23-19(27)12-9-29-14-5-3-2-4-11(14)18(12)26/h2-7,9H,8H2,1H3. The number of fused-ring (bicyclic) bond motifs is 2. The van der Waals surface area contributed by atoms with E-state index in [1.807, 2.05) is 0 Å². The van der Waals surface area contributed by atoms with Crippen LogP contribution in [0, 0.1) is 11.6 Å². The number of aromatic nitrogens is 1. The zero-order valence-corrected chi connectivity index (χ0v) is 16.2. The van der Waals surface area contributed by atoms with Crippen LogP contribution in [0.15, 0.2) is 56.9 Å². The molecule has 0 saturated heterocycles. The Labute approximate surface area is 170 Å². The lowest BCUT2D eigenvalue weighted by molar-refractivity contribution is -0.141. The van der Waals surface area contributed by atoms with Crippen LogP contribution in [-0.2, 0) is 16.1 Å². The highest BCUT2D eigenvalue weighted by atomic mass is 32.1. The van der Waals surface area contributed by atoms with Crippen molar-refractivity contribution in [3.05, 3.63) is 74.9 Å². The zero-order valence-electron chi connectivity index (χ0n) is 15.3. The number of carbonyl (C=O) groups is 2. The van der Waals surface area contributed by atoms with E-state index in [9.17, 15) is 23.2 Å². The Bertz CT molecular complexity index is 1450. The third-order valence-electron chi connectivity index (χ3n) is 4.32. The van der Waals surface area contributed by atoms with E-state index in [1.165, 1.54) is 6.07 Å².